The Balaban J connectivity index is 1.47. The molecule has 2 aromatic heterocycles. The molecule has 1 aromatic carbocycles. The van der Waals surface area contributed by atoms with Gasteiger partial charge in [0, 0.05) is 55.1 Å². The second-order valence-electron chi connectivity index (χ2n) is 7.43. The van der Waals surface area contributed by atoms with Gasteiger partial charge in [0.2, 0.25) is 0 Å². The van der Waals surface area contributed by atoms with E-state index in [9.17, 15) is 9.18 Å². The third-order valence-corrected chi connectivity index (χ3v) is 6.45. The summed E-state index contributed by atoms with van der Waals surface area (Å²) in [4.78, 5) is 22.4. The predicted octanol–water partition coefficient (Wildman–Crippen LogP) is 3.96. The Morgan fingerprint density at radius 3 is 2.47 bits per heavy atom. The minimum atomic E-state index is -0.182. The quantitative estimate of drug-likeness (QED) is 0.651. The van der Waals surface area contributed by atoms with Gasteiger partial charge in [0.1, 0.15) is 5.82 Å². The number of nitrogens with one attached hydrogen (secondary N) is 1. The SMILES string of the molecule is C[C@H](NC(=O)c1ccncc1)[C@@H](c1cccs1)N1CCN(c2ccccc2F)CC1. The fourth-order valence-electron chi connectivity index (χ4n) is 4.02. The highest BCUT2D eigenvalue weighted by atomic mass is 32.1. The number of piperazine rings is 1. The van der Waals surface area contributed by atoms with Crippen LogP contribution in [0.5, 0.6) is 0 Å². The fraction of sp³-hybridized carbons (Fsp3) is 0.304. The van der Waals surface area contributed by atoms with E-state index in [2.05, 4.69) is 31.5 Å². The number of aromatic nitrogens is 1. The number of benzene rings is 1. The lowest BCUT2D eigenvalue weighted by atomic mass is 10.0. The third-order valence-electron chi connectivity index (χ3n) is 5.51. The molecule has 0 aliphatic carbocycles. The van der Waals surface area contributed by atoms with Crippen LogP contribution in [0.25, 0.3) is 0 Å². The normalized spacial score (nSPS) is 16.8. The first kappa shape index (κ1) is 20.5. The van der Waals surface area contributed by atoms with Crippen molar-refractivity contribution >= 4 is 22.9 Å². The Morgan fingerprint density at radius 1 is 1.07 bits per heavy atom. The van der Waals surface area contributed by atoms with Crippen molar-refractivity contribution in [3.05, 3.63) is 82.6 Å². The molecule has 1 aliphatic heterocycles. The van der Waals surface area contributed by atoms with E-state index in [0.717, 1.165) is 26.2 Å². The predicted molar refractivity (Wildman–Crippen MR) is 118 cm³/mol. The number of carbonyl (C=O) groups excluding carboxylic acids is 1. The number of anilines is 1. The molecule has 5 nitrogen and oxygen atoms in total. The van der Waals surface area contributed by atoms with Crippen molar-refractivity contribution in [1.82, 2.24) is 15.2 Å². The number of amides is 1. The lowest BCUT2D eigenvalue weighted by Gasteiger charge is -2.42. The molecule has 1 amide bonds. The number of thiophene rings is 1. The molecule has 156 valence electrons. The first-order chi connectivity index (χ1) is 14.6. The van der Waals surface area contributed by atoms with Gasteiger partial charge in [-0.1, -0.05) is 18.2 Å². The first-order valence-corrected chi connectivity index (χ1v) is 11.0. The maximum absolute atomic E-state index is 14.2. The van der Waals surface area contributed by atoms with Gasteiger partial charge >= 0.3 is 0 Å². The smallest absolute Gasteiger partial charge is 0.251 e. The third kappa shape index (κ3) is 4.52. The van der Waals surface area contributed by atoms with E-state index in [1.165, 1.54) is 10.9 Å². The van der Waals surface area contributed by atoms with Crippen molar-refractivity contribution < 1.29 is 9.18 Å². The maximum Gasteiger partial charge on any atom is 0.251 e. The van der Waals surface area contributed by atoms with Crippen molar-refractivity contribution in [1.29, 1.82) is 0 Å². The molecular weight excluding hydrogens is 399 g/mol. The standard InChI is InChI=1S/C23H25FN4OS/c1-17(26-23(29)18-8-10-25-11-9-18)22(21-7-4-16-30-21)28-14-12-27(13-15-28)20-6-3-2-5-19(20)24/h2-11,16-17,22H,12-15H2,1H3,(H,26,29)/t17-,22-/m0/s1. The van der Waals surface area contributed by atoms with Gasteiger partial charge in [0.15, 0.2) is 0 Å². The van der Waals surface area contributed by atoms with Crippen molar-refractivity contribution in [2.75, 3.05) is 31.1 Å². The zero-order chi connectivity index (χ0) is 20.9. The zero-order valence-corrected chi connectivity index (χ0v) is 17.7. The van der Waals surface area contributed by atoms with Gasteiger partial charge in [-0.05, 0) is 42.6 Å². The van der Waals surface area contributed by atoms with Gasteiger partial charge in [-0.2, -0.15) is 0 Å². The lowest BCUT2D eigenvalue weighted by molar-refractivity contribution is 0.0890. The molecule has 1 N–H and O–H groups in total. The summed E-state index contributed by atoms with van der Waals surface area (Å²) in [5.41, 5.74) is 1.26. The molecule has 4 rings (SSSR count). The van der Waals surface area contributed by atoms with Gasteiger partial charge < -0.3 is 10.2 Å². The van der Waals surface area contributed by atoms with E-state index in [1.54, 1.807) is 41.9 Å². The highest BCUT2D eigenvalue weighted by molar-refractivity contribution is 7.10. The minimum Gasteiger partial charge on any atom is -0.367 e. The molecule has 1 aliphatic rings. The summed E-state index contributed by atoms with van der Waals surface area (Å²) in [5.74, 6) is -0.282. The fourth-order valence-corrected chi connectivity index (χ4v) is 4.99. The molecule has 7 heteroatoms. The van der Waals surface area contributed by atoms with Crippen LogP contribution < -0.4 is 10.2 Å². The number of carbonyl (C=O) groups is 1. The van der Waals surface area contributed by atoms with Crippen LogP contribution in [0.4, 0.5) is 10.1 Å². The number of rotatable bonds is 6. The molecule has 0 saturated carbocycles. The lowest BCUT2D eigenvalue weighted by Crippen LogP contribution is -2.52. The highest BCUT2D eigenvalue weighted by Crippen LogP contribution is 2.30. The van der Waals surface area contributed by atoms with E-state index in [4.69, 9.17) is 0 Å². The van der Waals surface area contributed by atoms with E-state index in [0.29, 0.717) is 11.3 Å². The van der Waals surface area contributed by atoms with Crippen LogP contribution in [0.2, 0.25) is 0 Å². The van der Waals surface area contributed by atoms with Gasteiger partial charge in [-0.3, -0.25) is 14.7 Å². The molecule has 2 atom stereocenters. The van der Waals surface area contributed by atoms with Crippen LogP contribution in [0.15, 0.2) is 66.3 Å². The monoisotopic (exact) mass is 424 g/mol. The number of pyridine rings is 1. The van der Waals surface area contributed by atoms with Gasteiger partial charge in [-0.15, -0.1) is 11.3 Å². The average Bonchev–Trinajstić information content (AvgIpc) is 3.30. The summed E-state index contributed by atoms with van der Waals surface area (Å²) in [6.07, 6.45) is 3.25. The number of nitrogens with zero attached hydrogens (tertiary/aromatic N) is 3. The van der Waals surface area contributed by atoms with Crippen molar-refractivity contribution in [3.63, 3.8) is 0 Å². The van der Waals surface area contributed by atoms with Crippen molar-refractivity contribution in [2.45, 2.75) is 19.0 Å². The summed E-state index contributed by atoms with van der Waals surface area (Å²) in [6.45, 7) is 5.13. The molecule has 0 spiro atoms. The molecule has 3 heterocycles. The van der Waals surface area contributed by atoms with E-state index < -0.39 is 0 Å². The molecule has 1 saturated heterocycles. The van der Waals surface area contributed by atoms with E-state index in [1.807, 2.05) is 25.1 Å². The van der Waals surface area contributed by atoms with E-state index >= 15 is 0 Å². The second kappa shape index (κ2) is 9.36. The van der Waals surface area contributed by atoms with Crippen LogP contribution >= 0.6 is 11.3 Å². The van der Waals surface area contributed by atoms with Gasteiger partial charge in [0.25, 0.3) is 5.91 Å². The Kier molecular flexibility index (Phi) is 6.40. The van der Waals surface area contributed by atoms with E-state index in [-0.39, 0.29) is 23.8 Å². The minimum absolute atomic E-state index is 0.0681. The highest BCUT2D eigenvalue weighted by Gasteiger charge is 2.31. The summed E-state index contributed by atoms with van der Waals surface area (Å²) in [7, 11) is 0. The van der Waals surface area contributed by atoms with Crippen LogP contribution in [0, 0.1) is 5.82 Å². The number of hydrogen-bond acceptors (Lipinski definition) is 5. The summed E-state index contributed by atoms with van der Waals surface area (Å²) >= 11 is 1.70. The number of para-hydroxylation sites is 1. The molecule has 0 unspecified atom stereocenters. The Labute approximate surface area is 180 Å². The topological polar surface area (TPSA) is 48.5 Å². The van der Waals surface area contributed by atoms with Crippen LogP contribution in [-0.4, -0.2) is 48.0 Å². The van der Waals surface area contributed by atoms with Gasteiger partial charge in [0.05, 0.1) is 11.7 Å². The molecular formula is C23H25FN4OS. The Bertz CT molecular complexity index is 958. The van der Waals surface area contributed by atoms with Crippen molar-refractivity contribution in [3.8, 4) is 0 Å². The zero-order valence-electron chi connectivity index (χ0n) is 16.9. The number of halogens is 1. The van der Waals surface area contributed by atoms with Crippen LogP contribution in [0.1, 0.15) is 28.2 Å². The summed E-state index contributed by atoms with van der Waals surface area (Å²) in [5, 5.41) is 5.22. The van der Waals surface area contributed by atoms with Crippen LogP contribution in [-0.2, 0) is 0 Å². The molecule has 0 radical (unpaired) electrons. The summed E-state index contributed by atoms with van der Waals surface area (Å²) < 4.78 is 14.2. The van der Waals surface area contributed by atoms with Crippen LogP contribution in [0.3, 0.4) is 0 Å². The van der Waals surface area contributed by atoms with Crippen molar-refractivity contribution in [2.24, 2.45) is 0 Å². The molecule has 0 bridgehead atoms. The second-order valence-corrected chi connectivity index (χ2v) is 8.41. The number of hydrogen-bond donors (Lipinski definition) is 1. The maximum atomic E-state index is 14.2. The van der Waals surface area contributed by atoms with Gasteiger partial charge in [-0.25, -0.2) is 4.39 Å². The molecule has 3 aromatic rings. The largest absolute Gasteiger partial charge is 0.367 e. The average molecular weight is 425 g/mol. The Hall–Kier alpha value is -2.77. The molecule has 30 heavy (non-hydrogen) atoms. The summed E-state index contributed by atoms with van der Waals surface area (Å²) in [6, 6.07) is 14.5. The first-order valence-electron chi connectivity index (χ1n) is 10.1. The Morgan fingerprint density at radius 2 is 1.80 bits per heavy atom. The molecule has 1 fully saturated rings.